The summed E-state index contributed by atoms with van der Waals surface area (Å²) < 4.78 is 0. The molecule has 0 radical (unpaired) electrons. The maximum atomic E-state index is 6.09. The van der Waals surface area contributed by atoms with Crippen molar-refractivity contribution in [2.45, 2.75) is 32.2 Å². The lowest BCUT2D eigenvalue weighted by Crippen LogP contribution is -2.34. The Morgan fingerprint density at radius 1 is 1.47 bits per heavy atom. The summed E-state index contributed by atoms with van der Waals surface area (Å²) in [4.78, 5) is 3.52. The Morgan fingerprint density at radius 3 is 3.18 bits per heavy atom. The Morgan fingerprint density at radius 2 is 2.35 bits per heavy atom. The van der Waals surface area contributed by atoms with Gasteiger partial charge in [-0.15, -0.1) is 0 Å². The molecule has 2 aromatic rings. The van der Waals surface area contributed by atoms with Crippen molar-refractivity contribution in [3.63, 3.8) is 0 Å². The molecular formula is C14H17ClN2. The number of aromatic nitrogens is 1. The van der Waals surface area contributed by atoms with Gasteiger partial charge < -0.3 is 10.3 Å². The highest BCUT2D eigenvalue weighted by Crippen LogP contribution is 2.30. The minimum atomic E-state index is 0.616. The van der Waals surface area contributed by atoms with E-state index in [2.05, 4.69) is 29.4 Å². The number of hydrogen-bond donors (Lipinski definition) is 2. The van der Waals surface area contributed by atoms with Crippen molar-refractivity contribution in [1.82, 2.24) is 10.3 Å². The van der Waals surface area contributed by atoms with Crippen LogP contribution in [0.2, 0.25) is 5.02 Å². The minimum absolute atomic E-state index is 0.616. The second-order valence-corrected chi connectivity index (χ2v) is 5.21. The van der Waals surface area contributed by atoms with E-state index in [1.54, 1.807) is 0 Å². The lowest BCUT2D eigenvalue weighted by atomic mass is 9.91. The van der Waals surface area contributed by atoms with Gasteiger partial charge >= 0.3 is 0 Å². The van der Waals surface area contributed by atoms with Gasteiger partial charge in [-0.05, 0) is 49.6 Å². The van der Waals surface area contributed by atoms with Gasteiger partial charge in [0.25, 0.3) is 0 Å². The van der Waals surface area contributed by atoms with E-state index in [1.165, 1.54) is 28.6 Å². The summed E-state index contributed by atoms with van der Waals surface area (Å²) in [5.74, 6) is 0. The number of halogens is 1. The summed E-state index contributed by atoms with van der Waals surface area (Å²) in [5, 5.41) is 5.67. The number of nitrogens with one attached hydrogen (secondary N) is 2. The third-order valence-corrected chi connectivity index (χ3v) is 3.88. The molecule has 3 rings (SSSR count). The van der Waals surface area contributed by atoms with Gasteiger partial charge in [-0.3, -0.25) is 0 Å². The molecule has 0 fully saturated rings. The van der Waals surface area contributed by atoms with E-state index in [0.717, 1.165) is 24.4 Å². The van der Waals surface area contributed by atoms with E-state index in [0.29, 0.717) is 6.04 Å². The number of hydrogen-bond acceptors (Lipinski definition) is 1. The van der Waals surface area contributed by atoms with Crippen molar-refractivity contribution in [2.24, 2.45) is 0 Å². The van der Waals surface area contributed by atoms with Crippen LogP contribution in [0, 0.1) is 0 Å². The molecule has 0 saturated carbocycles. The average Bonchev–Trinajstić information content (AvgIpc) is 2.67. The van der Waals surface area contributed by atoms with Gasteiger partial charge in [0, 0.05) is 27.7 Å². The van der Waals surface area contributed by atoms with E-state index in [1.807, 2.05) is 6.07 Å². The number of aryl methyl sites for hydroxylation is 1. The van der Waals surface area contributed by atoms with E-state index in [9.17, 15) is 0 Å². The summed E-state index contributed by atoms with van der Waals surface area (Å²) in [6, 6.07) is 6.73. The average molecular weight is 249 g/mol. The fourth-order valence-electron chi connectivity index (χ4n) is 2.85. The Bertz CT molecular complexity index is 544. The van der Waals surface area contributed by atoms with Gasteiger partial charge in [-0.25, -0.2) is 0 Å². The van der Waals surface area contributed by atoms with Crippen LogP contribution >= 0.6 is 11.6 Å². The monoisotopic (exact) mass is 248 g/mol. The Labute approximate surface area is 106 Å². The van der Waals surface area contributed by atoms with E-state index in [4.69, 9.17) is 11.6 Å². The largest absolute Gasteiger partial charge is 0.358 e. The van der Waals surface area contributed by atoms with Crippen molar-refractivity contribution < 1.29 is 0 Å². The van der Waals surface area contributed by atoms with Crippen LogP contribution in [0.1, 0.15) is 24.6 Å². The molecule has 0 spiro atoms. The zero-order chi connectivity index (χ0) is 11.8. The maximum absolute atomic E-state index is 6.09. The predicted octanol–water partition coefficient (Wildman–Crippen LogP) is 3.29. The maximum Gasteiger partial charge on any atom is 0.0460 e. The van der Waals surface area contributed by atoms with Crippen LogP contribution in [-0.4, -0.2) is 17.6 Å². The van der Waals surface area contributed by atoms with Gasteiger partial charge in [0.1, 0.15) is 0 Å². The van der Waals surface area contributed by atoms with Crippen LogP contribution < -0.4 is 5.32 Å². The standard InChI is InChI=1S/C14H17ClN2/c1-2-16-10-4-6-14-12(8-10)11-7-9(15)3-5-13(11)17-14/h3,5,7,10,16-17H,2,4,6,8H2,1H3. The fourth-order valence-corrected chi connectivity index (χ4v) is 3.02. The molecule has 1 atom stereocenters. The van der Waals surface area contributed by atoms with Gasteiger partial charge in [0.05, 0.1) is 0 Å². The molecule has 0 saturated heterocycles. The smallest absolute Gasteiger partial charge is 0.0460 e. The Hall–Kier alpha value is -0.990. The zero-order valence-electron chi connectivity index (χ0n) is 10.0. The van der Waals surface area contributed by atoms with Crippen LogP contribution in [0.5, 0.6) is 0 Å². The number of aromatic amines is 1. The Kier molecular flexibility index (Phi) is 2.85. The molecule has 1 aromatic heterocycles. The molecule has 0 bridgehead atoms. The van der Waals surface area contributed by atoms with Crippen LogP contribution in [0.3, 0.4) is 0 Å². The number of likely N-dealkylation sites (N-methyl/N-ethyl adjacent to an activating group) is 1. The Balaban J connectivity index is 2.04. The van der Waals surface area contributed by atoms with Crippen molar-refractivity contribution in [3.05, 3.63) is 34.5 Å². The molecule has 1 heterocycles. The summed E-state index contributed by atoms with van der Waals surface area (Å²) in [5.41, 5.74) is 4.08. The molecule has 1 aliphatic carbocycles. The van der Waals surface area contributed by atoms with Crippen LogP contribution in [0.15, 0.2) is 18.2 Å². The summed E-state index contributed by atoms with van der Waals surface area (Å²) in [7, 11) is 0. The molecule has 3 heteroatoms. The van der Waals surface area contributed by atoms with Gasteiger partial charge in [0.2, 0.25) is 0 Å². The highest BCUT2D eigenvalue weighted by molar-refractivity contribution is 6.31. The molecule has 0 aliphatic heterocycles. The topological polar surface area (TPSA) is 27.8 Å². The molecular weight excluding hydrogens is 232 g/mol. The zero-order valence-corrected chi connectivity index (χ0v) is 10.8. The molecule has 90 valence electrons. The highest BCUT2D eigenvalue weighted by atomic mass is 35.5. The second kappa shape index (κ2) is 4.35. The van der Waals surface area contributed by atoms with Gasteiger partial charge in [-0.1, -0.05) is 18.5 Å². The summed E-state index contributed by atoms with van der Waals surface area (Å²) >= 11 is 6.09. The third-order valence-electron chi connectivity index (χ3n) is 3.64. The molecule has 2 N–H and O–H groups in total. The first kappa shape index (κ1) is 11.1. The van der Waals surface area contributed by atoms with Gasteiger partial charge in [-0.2, -0.15) is 0 Å². The summed E-state index contributed by atoms with van der Waals surface area (Å²) in [6.07, 6.45) is 3.48. The molecule has 17 heavy (non-hydrogen) atoms. The number of H-pyrrole nitrogens is 1. The van der Waals surface area contributed by atoms with Crippen LogP contribution in [-0.2, 0) is 12.8 Å². The first-order valence-corrected chi connectivity index (χ1v) is 6.68. The van der Waals surface area contributed by atoms with Crippen LogP contribution in [0.25, 0.3) is 10.9 Å². The van der Waals surface area contributed by atoms with Crippen molar-refractivity contribution in [3.8, 4) is 0 Å². The quantitative estimate of drug-likeness (QED) is 0.839. The third kappa shape index (κ3) is 1.96. The van der Waals surface area contributed by atoms with Crippen LogP contribution in [0.4, 0.5) is 0 Å². The van der Waals surface area contributed by atoms with Crippen molar-refractivity contribution >= 4 is 22.5 Å². The summed E-state index contributed by atoms with van der Waals surface area (Å²) in [6.45, 7) is 3.21. The van der Waals surface area contributed by atoms with Gasteiger partial charge in [0.15, 0.2) is 0 Å². The molecule has 1 aromatic carbocycles. The lowest BCUT2D eigenvalue weighted by Gasteiger charge is -2.23. The normalized spacial score (nSPS) is 19.5. The number of rotatable bonds is 2. The van der Waals surface area contributed by atoms with Crippen molar-refractivity contribution in [1.29, 1.82) is 0 Å². The molecule has 1 aliphatic rings. The fraction of sp³-hybridized carbons (Fsp3) is 0.429. The van der Waals surface area contributed by atoms with E-state index < -0.39 is 0 Å². The molecule has 2 nitrogen and oxygen atoms in total. The lowest BCUT2D eigenvalue weighted by molar-refractivity contribution is 0.470. The van der Waals surface area contributed by atoms with E-state index >= 15 is 0 Å². The molecule has 0 amide bonds. The second-order valence-electron chi connectivity index (χ2n) is 4.77. The van der Waals surface area contributed by atoms with E-state index in [-0.39, 0.29) is 0 Å². The first-order valence-electron chi connectivity index (χ1n) is 6.30. The number of fused-ring (bicyclic) bond motifs is 3. The highest BCUT2D eigenvalue weighted by Gasteiger charge is 2.21. The first-order chi connectivity index (χ1) is 8.28. The minimum Gasteiger partial charge on any atom is -0.358 e. The molecule has 1 unspecified atom stereocenters. The SMILES string of the molecule is CCNC1CCc2[nH]c3ccc(Cl)cc3c2C1. The number of benzene rings is 1. The van der Waals surface area contributed by atoms with Crippen molar-refractivity contribution in [2.75, 3.05) is 6.54 Å². The predicted molar refractivity (Wildman–Crippen MR) is 72.8 cm³/mol.